The fourth-order valence-electron chi connectivity index (χ4n) is 1.78. The predicted octanol–water partition coefficient (Wildman–Crippen LogP) is 2.47. The number of alkyl halides is 3. The van der Waals surface area contributed by atoms with Gasteiger partial charge in [0.25, 0.3) is 0 Å². The minimum Gasteiger partial charge on any atom is -0.409 e. The number of aryl methyl sites for hydroxylation is 1. The molecule has 0 aliphatic heterocycles. The summed E-state index contributed by atoms with van der Waals surface area (Å²) in [6.45, 7) is 2.20. The number of rotatable bonds is 5. The van der Waals surface area contributed by atoms with Gasteiger partial charge in [0.1, 0.15) is 0 Å². The number of hydrogen-bond acceptors (Lipinski definition) is 3. The molecule has 0 aliphatic rings. The molecule has 3 N–H and O–H groups in total. The van der Waals surface area contributed by atoms with E-state index >= 15 is 0 Å². The second kappa shape index (κ2) is 6.60. The van der Waals surface area contributed by atoms with E-state index < -0.39 is 12.6 Å². The van der Waals surface area contributed by atoms with E-state index in [4.69, 9.17) is 10.9 Å². The van der Waals surface area contributed by atoms with Crippen molar-refractivity contribution in [1.82, 2.24) is 4.90 Å². The van der Waals surface area contributed by atoms with Gasteiger partial charge in [-0.25, -0.2) is 0 Å². The van der Waals surface area contributed by atoms with Crippen LogP contribution in [0.15, 0.2) is 23.4 Å². The van der Waals surface area contributed by atoms with Crippen molar-refractivity contribution >= 4 is 5.84 Å². The maximum absolute atomic E-state index is 12.1. The lowest BCUT2D eigenvalue weighted by molar-refractivity contribution is -0.137. The quantitative estimate of drug-likeness (QED) is 0.379. The Morgan fingerprint density at radius 3 is 2.55 bits per heavy atom. The third kappa shape index (κ3) is 5.08. The lowest BCUT2D eigenvalue weighted by atomic mass is 10.0. The molecule has 0 saturated heterocycles. The molecule has 1 rings (SSSR count). The first-order valence-corrected chi connectivity index (χ1v) is 6.05. The molecule has 20 heavy (non-hydrogen) atoms. The van der Waals surface area contributed by atoms with Crippen LogP contribution in [0, 0.1) is 6.92 Å². The Bertz CT molecular complexity index is 486. The summed E-state index contributed by atoms with van der Waals surface area (Å²) in [5, 5.41) is 11.5. The Morgan fingerprint density at radius 1 is 1.40 bits per heavy atom. The largest absolute Gasteiger partial charge is 0.409 e. The Balaban J connectivity index is 2.69. The predicted molar refractivity (Wildman–Crippen MR) is 70.7 cm³/mol. The topological polar surface area (TPSA) is 61.9 Å². The van der Waals surface area contributed by atoms with Crippen molar-refractivity contribution in [3.8, 4) is 0 Å². The summed E-state index contributed by atoms with van der Waals surface area (Å²) in [5.41, 5.74) is 7.84. The van der Waals surface area contributed by atoms with Crippen molar-refractivity contribution < 1.29 is 18.4 Å². The van der Waals surface area contributed by atoms with Crippen LogP contribution >= 0.6 is 0 Å². The van der Waals surface area contributed by atoms with Gasteiger partial charge in [-0.3, -0.25) is 0 Å². The Hall–Kier alpha value is -1.76. The molecule has 1 aromatic rings. The van der Waals surface area contributed by atoms with Gasteiger partial charge in [-0.2, -0.15) is 13.2 Å². The van der Waals surface area contributed by atoms with Gasteiger partial charge in [0.05, 0.1) is 6.42 Å². The summed E-state index contributed by atoms with van der Waals surface area (Å²) < 4.78 is 36.4. The Labute approximate surface area is 115 Å². The van der Waals surface area contributed by atoms with Crippen LogP contribution < -0.4 is 5.73 Å². The summed E-state index contributed by atoms with van der Waals surface area (Å²) in [6, 6.07) is 5.18. The molecule has 0 fully saturated rings. The number of benzene rings is 1. The molecular formula is C13H18F3N3O. The normalized spacial score (nSPS) is 13.0. The van der Waals surface area contributed by atoms with Crippen molar-refractivity contribution in [3.05, 3.63) is 34.9 Å². The van der Waals surface area contributed by atoms with Crippen molar-refractivity contribution in [3.63, 3.8) is 0 Å². The molecule has 0 spiro atoms. The van der Waals surface area contributed by atoms with E-state index in [0.717, 1.165) is 11.1 Å². The maximum atomic E-state index is 12.1. The molecule has 1 aromatic carbocycles. The van der Waals surface area contributed by atoms with E-state index in [1.54, 1.807) is 30.1 Å². The SMILES string of the molecule is Cc1cc(/C(N)=N/O)ccc1CN(C)CCC(F)(F)F. The second-order valence-electron chi connectivity index (χ2n) is 4.73. The Morgan fingerprint density at radius 2 is 2.05 bits per heavy atom. The highest BCUT2D eigenvalue weighted by molar-refractivity contribution is 5.97. The van der Waals surface area contributed by atoms with Gasteiger partial charge >= 0.3 is 6.18 Å². The third-order valence-corrected chi connectivity index (χ3v) is 2.96. The zero-order valence-corrected chi connectivity index (χ0v) is 11.4. The smallest absolute Gasteiger partial charge is 0.390 e. The highest BCUT2D eigenvalue weighted by atomic mass is 19.4. The van der Waals surface area contributed by atoms with Crippen LogP contribution in [0.3, 0.4) is 0 Å². The molecule has 0 heterocycles. The van der Waals surface area contributed by atoms with Gasteiger partial charge in [-0.05, 0) is 31.2 Å². The summed E-state index contributed by atoms with van der Waals surface area (Å²) in [6.07, 6.45) is -4.97. The fourth-order valence-corrected chi connectivity index (χ4v) is 1.78. The standard InChI is InChI=1S/C13H18F3N3O/c1-9-7-10(12(17)18-20)3-4-11(9)8-19(2)6-5-13(14,15)16/h3-4,7,20H,5-6,8H2,1-2H3,(H2,17,18). The molecule has 0 aromatic heterocycles. The molecule has 0 atom stereocenters. The first-order chi connectivity index (χ1) is 9.23. The zero-order chi connectivity index (χ0) is 15.3. The summed E-state index contributed by atoms with van der Waals surface area (Å²) in [7, 11) is 1.64. The van der Waals surface area contributed by atoms with Crippen LogP contribution in [-0.2, 0) is 6.54 Å². The van der Waals surface area contributed by atoms with E-state index in [0.29, 0.717) is 12.1 Å². The van der Waals surface area contributed by atoms with Crippen molar-refractivity contribution in [2.75, 3.05) is 13.6 Å². The van der Waals surface area contributed by atoms with E-state index in [-0.39, 0.29) is 12.4 Å². The summed E-state index contributed by atoms with van der Waals surface area (Å²) in [5.74, 6) is 0.00470. The number of oxime groups is 1. The number of nitrogens with two attached hydrogens (primary N) is 1. The molecule has 0 saturated carbocycles. The molecule has 0 unspecified atom stereocenters. The Kier molecular flexibility index (Phi) is 5.38. The molecule has 0 radical (unpaired) electrons. The molecule has 0 amide bonds. The first-order valence-electron chi connectivity index (χ1n) is 6.05. The van der Waals surface area contributed by atoms with Crippen LogP contribution in [0.2, 0.25) is 0 Å². The van der Waals surface area contributed by atoms with E-state index in [1.165, 1.54) is 0 Å². The number of halogens is 3. The molecule has 0 bridgehead atoms. The molecular weight excluding hydrogens is 271 g/mol. The van der Waals surface area contributed by atoms with Gasteiger partial charge in [0.2, 0.25) is 0 Å². The number of hydrogen-bond donors (Lipinski definition) is 2. The first kappa shape index (κ1) is 16.3. The minimum atomic E-state index is -4.14. The van der Waals surface area contributed by atoms with Crippen LogP contribution in [0.4, 0.5) is 13.2 Å². The minimum absolute atomic E-state index is 0.00470. The lowest BCUT2D eigenvalue weighted by Crippen LogP contribution is -2.24. The second-order valence-corrected chi connectivity index (χ2v) is 4.73. The number of nitrogens with zero attached hydrogens (tertiary/aromatic N) is 2. The average molecular weight is 289 g/mol. The maximum Gasteiger partial charge on any atom is 0.390 e. The lowest BCUT2D eigenvalue weighted by Gasteiger charge is -2.19. The average Bonchev–Trinajstić information content (AvgIpc) is 2.37. The van der Waals surface area contributed by atoms with E-state index in [1.807, 2.05) is 6.92 Å². The molecule has 7 heteroatoms. The highest BCUT2D eigenvalue weighted by Crippen LogP contribution is 2.20. The van der Waals surface area contributed by atoms with Gasteiger partial charge in [-0.15, -0.1) is 0 Å². The molecule has 112 valence electrons. The fraction of sp³-hybridized carbons (Fsp3) is 0.462. The summed E-state index contributed by atoms with van der Waals surface area (Å²) >= 11 is 0. The van der Waals surface area contributed by atoms with Gasteiger partial charge in [0.15, 0.2) is 5.84 Å². The van der Waals surface area contributed by atoms with Gasteiger partial charge < -0.3 is 15.8 Å². The zero-order valence-electron chi connectivity index (χ0n) is 11.4. The van der Waals surface area contributed by atoms with Crippen LogP contribution in [-0.4, -0.2) is 35.7 Å². The van der Waals surface area contributed by atoms with Crippen LogP contribution in [0.25, 0.3) is 0 Å². The van der Waals surface area contributed by atoms with Crippen molar-refractivity contribution in [1.29, 1.82) is 0 Å². The van der Waals surface area contributed by atoms with Crippen LogP contribution in [0.5, 0.6) is 0 Å². The van der Waals surface area contributed by atoms with Crippen molar-refractivity contribution in [2.45, 2.75) is 26.1 Å². The monoisotopic (exact) mass is 289 g/mol. The third-order valence-electron chi connectivity index (χ3n) is 2.96. The van der Waals surface area contributed by atoms with E-state index in [2.05, 4.69) is 5.16 Å². The summed E-state index contributed by atoms with van der Waals surface area (Å²) in [4.78, 5) is 1.61. The van der Waals surface area contributed by atoms with Gasteiger partial charge in [0, 0.05) is 18.7 Å². The highest BCUT2D eigenvalue weighted by Gasteiger charge is 2.27. The molecule has 4 nitrogen and oxygen atoms in total. The van der Waals surface area contributed by atoms with Gasteiger partial charge in [-0.1, -0.05) is 17.3 Å². The number of amidine groups is 1. The van der Waals surface area contributed by atoms with E-state index in [9.17, 15) is 13.2 Å². The van der Waals surface area contributed by atoms with Crippen LogP contribution in [0.1, 0.15) is 23.1 Å². The molecule has 0 aliphatic carbocycles. The van der Waals surface area contributed by atoms with Crippen molar-refractivity contribution in [2.24, 2.45) is 10.9 Å².